The fraction of sp³-hybridized carbons (Fsp3) is 0.333. The van der Waals surface area contributed by atoms with Crippen LogP contribution in [0.4, 0.5) is 0 Å². The summed E-state index contributed by atoms with van der Waals surface area (Å²) < 4.78 is 3.78. The fourth-order valence-corrected chi connectivity index (χ4v) is 2.25. The lowest BCUT2D eigenvalue weighted by Gasteiger charge is -2.05. The zero-order valence-corrected chi connectivity index (χ0v) is 11.2. The Bertz CT molecular complexity index is 701. The fourth-order valence-electron chi connectivity index (χ4n) is 2.08. The molecule has 3 heterocycles. The molecule has 0 aliphatic heterocycles. The molecule has 98 valence electrons. The normalized spacial score (nSPS) is 11.3. The van der Waals surface area contributed by atoms with Crippen LogP contribution in [0.5, 0.6) is 0 Å². The molecule has 0 saturated heterocycles. The summed E-state index contributed by atoms with van der Waals surface area (Å²) in [5, 5.41) is 4.30. The molecule has 0 aliphatic carbocycles. The van der Waals surface area contributed by atoms with Crippen LogP contribution in [-0.4, -0.2) is 35.2 Å². The monoisotopic (exact) mass is 276 g/mol. The van der Waals surface area contributed by atoms with Crippen molar-refractivity contribution in [2.24, 2.45) is 7.05 Å². The zero-order valence-electron chi connectivity index (χ0n) is 10.5. The van der Waals surface area contributed by atoms with Crippen molar-refractivity contribution < 1.29 is 0 Å². The van der Waals surface area contributed by atoms with Crippen molar-refractivity contribution in [2.75, 3.05) is 5.88 Å². The third-order valence-electron chi connectivity index (χ3n) is 2.89. The maximum atomic E-state index is 5.84. The Morgan fingerprint density at radius 3 is 3.00 bits per heavy atom. The topological polar surface area (TPSA) is 61.4 Å². The lowest BCUT2D eigenvalue weighted by Crippen LogP contribution is -2.07. The Kier molecular flexibility index (Phi) is 3.16. The summed E-state index contributed by atoms with van der Waals surface area (Å²) >= 11 is 5.84. The predicted octanol–water partition coefficient (Wildman–Crippen LogP) is 1.39. The highest BCUT2D eigenvalue weighted by molar-refractivity contribution is 6.17. The van der Waals surface area contributed by atoms with E-state index in [1.165, 1.54) is 0 Å². The van der Waals surface area contributed by atoms with Crippen LogP contribution in [0, 0.1) is 0 Å². The van der Waals surface area contributed by atoms with Gasteiger partial charge in [-0.15, -0.1) is 11.6 Å². The van der Waals surface area contributed by atoms with Crippen LogP contribution in [0.25, 0.3) is 11.0 Å². The van der Waals surface area contributed by atoms with E-state index in [0.29, 0.717) is 18.8 Å². The summed E-state index contributed by atoms with van der Waals surface area (Å²) in [6.07, 6.45) is 5.92. The van der Waals surface area contributed by atoms with Crippen LogP contribution in [0.3, 0.4) is 0 Å². The van der Waals surface area contributed by atoms with E-state index in [0.717, 1.165) is 22.7 Å². The number of pyridine rings is 1. The first kappa shape index (κ1) is 12.1. The van der Waals surface area contributed by atoms with Gasteiger partial charge in [-0.2, -0.15) is 5.10 Å². The zero-order chi connectivity index (χ0) is 13.2. The molecule has 0 saturated carbocycles. The molecule has 3 aromatic heterocycles. The van der Waals surface area contributed by atoms with Crippen molar-refractivity contribution in [3.63, 3.8) is 0 Å². The van der Waals surface area contributed by atoms with Gasteiger partial charge in [0.2, 0.25) is 0 Å². The van der Waals surface area contributed by atoms with Crippen LogP contribution in [-0.2, 0) is 20.0 Å². The van der Waals surface area contributed by atoms with Crippen LogP contribution in [0.2, 0.25) is 0 Å². The lowest BCUT2D eigenvalue weighted by molar-refractivity contribution is 0.688. The van der Waals surface area contributed by atoms with Crippen molar-refractivity contribution in [3.8, 4) is 0 Å². The summed E-state index contributed by atoms with van der Waals surface area (Å²) in [5.74, 6) is 2.23. The first-order valence-corrected chi connectivity index (χ1v) is 6.51. The molecule has 0 spiro atoms. The highest BCUT2D eigenvalue weighted by Gasteiger charge is 2.12. The average molecular weight is 277 g/mol. The van der Waals surface area contributed by atoms with Crippen LogP contribution >= 0.6 is 11.6 Å². The van der Waals surface area contributed by atoms with E-state index in [9.17, 15) is 0 Å². The number of hydrogen-bond acceptors (Lipinski definition) is 4. The molecule has 3 aromatic rings. The van der Waals surface area contributed by atoms with E-state index in [-0.39, 0.29) is 0 Å². The first-order chi connectivity index (χ1) is 9.28. The minimum atomic E-state index is 0.534. The molecular weight excluding hydrogens is 264 g/mol. The second kappa shape index (κ2) is 4.97. The van der Waals surface area contributed by atoms with Crippen molar-refractivity contribution >= 4 is 22.6 Å². The molecule has 0 atom stereocenters. The lowest BCUT2D eigenvalue weighted by atomic mass is 10.4. The molecule has 0 fully saturated rings. The summed E-state index contributed by atoms with van der Waals surface area (Å²) in [4.78, 5) is 12.9. The van der Waals surface area contributed by atoms with Crippen molar-refractivity contribution in [3.05, 3.63) is 36.4 Å². The van der Waals surface area contributed by atoms with Crippen LogP contribution < -0.4 is 0 Å². The predicted molar refractivity (Wildman–Crippen MR) is 72.1 cm³/mol. The number of halogens is 1. The number of rotatable bonds is 4. The minimum Gasteiger partial charge on any atom is -0.320 e. The summed E-state index contributed by atoms with van der Waals surface area (Å²) in [6.45, 7) is 0.591. The molecule has 3 rings (SSSR count). The number of nitrogens with zero attached hydrogens (tertiary/aromatic N) is 6. The van der Waals surface area contributed by atoms with E-state index in [4.69, 9.17) is 11.6 Å². The molecule has 7 heteroatoms. The highest BCUT2D eigenvalue weighted by Crippen LogP contribution is 2.16. The van der Waals surface area contributed by atoms with Gasteiger partial charge in [0.05, 0.1) is 18.3 Å². The Labute approximate surface area is 115 Å². The van der Waals surface area contributed by atoms with Gasteiger partial charge < -0.3 is 4.57 Å². The molecule has 6 nitrogen and oxygen atoms in total. The van der Waals surface area contributed by atoms with Gasteiger partial charge in [0.25, 0.3) is 0 Å². The molecule has 0 unspecified atom stereocenters. The third kappa shape index (κ3) is 2.31. The Morgan fingerprint density at radius 1 is 1.37 bits per heavy atom. The van der Waals surface area contributed by atoms with Gasteiger partial charge in [-0.1, -0.05) is 0 Å². The number of hydrogen-bond donors (Lipinski definition) is 0. The van der Waals surface area contributed by atoms with Gasteiger partial charge in [0.1, 0.15) is 17.7 Å². The highest BCUT2D eigenvalue weighted by atomic mass is 35.5. The minimum absolute atomic E-state index is 0.534. The van der Waals surface area contributed by atoms with Gasteiger partial charge >= 0.3 is 0 Å². The Hall–Kier alpha value is -1.95. The second-order valence-corrected chi connectivity index (χ2v) is 4.63. The van der Waals surface area contributed by atoms with Crippen LogP contribution in [0.15, 0.2) is 24.8 Å². The molecular formula is C12H13ClN6. The summed E-state index contributed by atoms with van der Waals surface area (Å²) in [5.41, 5.74) is 1.90. The molecule has 0 amide bonds. The Balaban J connectivity index is 2.06. The van der Waals surface area contributed by atoms with Crippen LogP contribution in [0.1, 0.15) is 11.6 Å². The first-order valence-electron chi connectivity index (χ1n) is 5.97. The maximum Gasteiger partial charge on any atom is 0.170 e. The smallest absolute Gasteiger partial charge is 0.170 e. The van der Waals surface area contributed by atoms with E-state index in [2.05, 4.69) is 24.6 Å². The second-order valence-electron chi connectivity index (χ2n) is 4.25. The summed E-state index contributed by atoms with van der Waals surface area (Å²) in [7, 11) is 1.85. The molecule has 0 N–H and O–H groups in total. The number of fused-ring (bicyclic) bond motifs is 1. The van der Waals surface area contributed by atoms with Gasteiger partial charge in [0.15, 0.2) is 5.82 Å². The van der Waals surface area contributed by atoms with E-state index >= 15 is 0 Å². The van der Waals surface area contributed by atoms with E-state index in [1.54, 1.807) is 23.4 Å². The average Bonchev–Trinajstić information content (AvgIpc) is 2.96. The van der Waals surface area contributed by atoms with Gasteiger partial charge in [0, 0.05) is 25.5 Å². The number of aromatic nitrogens is 6. The molecule has 19 heavy (non-hydrogen) atoms. The third-order valence-corrected chi connectivity index (χ3v) is 3.08. The number of imidazole rings is 1. The van der Waals surface area contributed by atoms with Gasteiger partial charge in [-0.3, -0.25) is 9.67 Å². The van der Waals surface area contributed by atoms with E-state index < -0.39 is 0 Å². The van der Waals surface area contributed by atoms with Crippen molar-refractivity contribution in [2.45, 2.75) is 13.0 Å². The quantitative estimate of drug-likeness (QED) is 0.676. The van der Waals surface area contributed by atoms with Gasteiger partial charge in [-0.25, -0.2) is 9.97 Å². The number of aryl methyl sites for hydroxylation is 2. The molecule has 0 bridgehead atoms. The largest absolute Gasteiger partial charge is 0.320 e. The van der Waals surface area contributed by atoms with E-state index in [1.807, 2.05) is 13.1 Å². The molecule has 0 aromatic carbocycles. The molecule has 0 radical (unpaired) electrons. The van der Waals surface area contributed by atoms with Gasteiger partial charge in [-0.05, 0) is 6.07 Å². The summed E-state index contributed by atoms with van der Waals surface area (Å²) in [6, 6.07) is 1.95. The molecule has 0 aliphatic rings. The van der Waals surface area contributed by atoms with Crippen molar-refractivity contribution in [1.29, 1.82) is 0 Å². The maximum absolute atomic E-state index is 5.84. The SMILES string of the molecule is Cn1cnc(Cn2c(CCCl)nc3cnccc32)n1. The number of alkyl halides is 1. The Morgan fingerprint density at radius 2 is 2.26 bits per heavy atom. The standard InChI is InChI=1S/C12H13ClN6/c1-18-8-15-11(17-18)7-19-10-3-5-14-6-9(10)16-12(19)2-4-13/h3,5-6,8H,2,4,7H2,1H3. The van der Waals surface area contributed by atoms with Crippen molar-refractivity contribution in [1.82, 2.24) is 29.3 Å².